The maximum Gasteiger partial charge on any atom is 0.141 e. The molecule has 1 aliphatic carbocycles. The zero-order chi connectivity index (χ0) is 20.0. The molecule has 5 rings (SSSR count). The fourth-order valence-electron chi connectivity index (χ4n) is 4.02. The molecule has 1 fully saturated rings. The van der Waals surface area contributed by atoms with E-state index in [0.29, 0.717) is 17.0 Å². The highest BCUT2D eigenvalue weighted by molar-refractivity contribution is 5.81. The molecule has 29 heavy (non-hydrogen) atoms. The van der Waals surface area contributed by atoms with Crippen LogP contribution >= 0.6 is 0 Å². The van der Waals surface area contributed by atoms with Crippen LogP contribution in [-0.2, 0) is 6.54 Å². The van der Waals surface area contributed by atoms with Crippen molar-refractivity contribution in [2.24, 2.45) is 11.3 Å². The van der Waals surface area contributed by atoms with Gasteiger partial charge in [0, 0.05) is 48.0 Å². The van der Waals surface area contributed by atoms with Crippen LogP contribution in [0, 0.1) is 22.7 Å². The van der Waals surface area contributed by atoms with Crippen molar-refractivity contribution in [1.29, 1.82) is 5.26 Å². The minimum absolute atomic E-state index is 0.390. The standard InChI is InChI=1S/C23H22N6/c1-16(2)23(6-7-23)15-29-14-18(13-26-29)20-4-3-19(12-24)27-22(20)17-5-9-28-10-8-25-21(28)11-17/h3-5,8-11,13-14,16H,6-7,15H2,1-2H3. The van der Waals surface area contributed by atoms with Crippen molar-refractivity contribution >= 4 is 5.65 Å². The number of nitriles is 1. The van der Waals surface area contributed by atoms with E-state index in [1.165, 1.54) is 12.8 Å². The summed E-state index contributed by atoms with van der Waals surface area (Å²) in [6.45, 7) is 5.54. The van der Waals surface area contributed by atoms with Crippen LogP contribution < -0.4 is 0 Å². The van der Waals surface area contributed by atoms with E-state index in [1.807, 2.05) is 41.2 Å². The molecule has 0 atom stereocenters. The summed E-state index contributed by atoms with van der Waals surface area (Å²) < 4.78 is 4.01. The zero-order valence-electron chi connectivity index (χ0n) is 16.6. The maximum absolute atomic E-state index is 9.35. The molecule has 6 heteroatoms. The average molecular weight is 382 g/mol. The van der Waals surface area contributed by atoms with Crippen LogP contribution in [0.5, 0.6) is 0 Å². The number of imidazole rings is 1. The predicted molar refractivity (Wildman–Crippen MR) is 111 cm³/mol. The lowest BCUT2D eigenvalue weighted by molar-refractivity contribution is 0.295. The van der Waals surface area contributed by atoms with Crippen molar-refractivity contribution in [2.75, 3.05) is 0 Å². The average Bonchev–Trinajstić information content (AvgIpc) is 3.14. The number of hydrogen-bond acceptors (Lipinski definition) is 4. The van der Waals surface area contributed by atoms with E-state index in [1.54, 1.807) is 12.3 Å². The molecule has 0 aliphatic heterocycles. The van der Waals surface area contributed by atoms with Gasteiger partial charge >= 0.3 is 0 Å². The zero-order valence-corrected chi connectivity index (χ0v) is 16.6. The Labute approximate surface area is 169 Å². The Morgan fingerprint density at radius 2 is 2.03 bits per heavy atom. The molecule has 0 aromatic carbocycles. The van der Waals surface area contributed by atoms with Gasteiger partial charge in [-0.2, -0.15) is 10.4 Å². The molecule has 4 heterocycles. The fraction of sp³-hybridized carbons (Fsp3) is 0.304. The van der Waals surface area contributed by atoms with Crippen molar-refractivity contribution in [3.8, 4) is 28.5 Å². The van der Waals surface area contributed by atoms with Gasteiger partial charge in [0.25, 0.3) is 0 Å². The molecule has 0 N–H and O–H groups in total. The lowest BCUT2D eigenvalue weighted by atomic mass is 9.92. The highest BCUT2D eigenvalue weighted by atomic mass is 15.3. The topological polar surface area (TPSA) is 71.8 Å². The molecule has 144 valence electrons. The molecule has 0 amide bonds. The Bertz CT molecular complexity index is 1240. The number of fused-ring (bicyclic) bond motifs is 1. The monoisotopic (exact) mass is 382 g/mol. The number of hydrogen-bond donors (Lipinski definition) is 0. The van der Waals surface area contributed by atoms with Gasteiger partial charge in [-0.15, -0.1) is 0 Å². The van der Waals surface area contributed by atoms with Gasteiger partial charge in [0.15, 0.2) is 0 Å². The van der Waals surface area contributed by atoms with Crippen molar-refractivity contribution in [3.05, 3.63) is 60.9 Å². The number of rotatable bonds is 5. The Balaban J connectivity index is 1.56. The highest BCUT2D eigenvalue weighted by Gasteiger charge is 2.45. The smallest absolute Gasteiger partial charge is 0.141 e. The number of nitrogens with zero attached hydrogens (tertiary/aromatic N) is 6. The third kappa shape index (κ3) is 3.09. The van der Waals surface area contributed by atoms with Crippen molar-refractivity contribution in [1.82, 2.24) is 24.1 Å². The van der Waals surface area contributed by atoms with E-state index in [0.717, 1.165) is 34.6 Å². The van der Waals surface area contributed by atoms with Crippen molar-refractivity contribution in [3.63, 3.8) is 0 Å². The van der Waals surface area contributed by atoms with E-state index in [9.17, 15) is 5.26 Å². The highest BCUT2D eigenvalue weighted by Crippen LogP contribution is 2.53. The van der Waals surface area contributed by atoms with Crippen LogP contribution in [0.3, 0.4) is 0 Å². The third-order valence-corrected chi connectivity index (χ3v) is 6.22. The summed E-state index contributed by atoms with van der Waals surface area (Å²) in [5.41, 5.74) is 5.33. The summed E-state index contributed by atoms with van der Waals surface area (Å²) in [4.78, 5) is 8.99. The first kappa shape index (κ1) is 17.6. The second-order valence-electron chi connectivity index (χ2n) is 8.26. The third-order valence-electron chi connectivity index (χ3n) is 6.22. The molecule has 4 aromatic heterocycles. The summed E-state index contributed by atoms with van der Waals surface area (Å²) in [5, 5.41) is 14.0. The Kier molecular flexibility index (Phi) is 3.99. The van der Waals surface area contributed by atoms with E-state index in [-0.39, 0.29) is 0 Å². The second kappa shape index (κ2) is 6.56. The first-order valence-corrected chi connectivity index (χ1v) is 9.95. The molecule has 0 radical (unpaired) electrons. The second-order valence-corrected chi connectivity index (χ2v) is 8.26. The molecule has 0 saturated heterocycles. The van der Waals surface area contributed by atoms with Gasteiger partial charge in [-0.3, -0.25) is 4.68 Å². The minimum Gasteiger partial charge on any atom is -0.307 e. The Hall–Kier alpha value is -3.46. The Morgan fingerprint density at radius 1 is 1.17 bits per heavy atom. The summed E-state index contributed by atoms with van der Waals surface area (Å²) in [5.74, 6) is 0.656. The van der Waals surface area contributed by atoms with Gasteiger partial charge < -0.3 is 4.40 Å². The SMILES string of the molecule is CC(C)C1(Cn2cc(-c3ccc(C#N)nc3-c3ccn4ccnc4c3)cn2)CC1. The summed E-state index contributed by atoms with van der Waals surface area (Å²) in [6.07, 6.45) is 12.2. The van der Waals surface area contributed by atoms with Crippen molar-refractivity contribution < 1.29 is 0 Å². The number of aromatic nitrogens is 5. The normalized spacial score (nSPS) is 15.0. The molecular weight excluding hydrogens is 360 g/mol. The Morgan fingerprint density at radius 3 is 2.79 bits per heavy atom. The van der Waals surface area contributed by atoms with Gasteiger partial charge in [-0.25, -0.2) is 9.97 Å². The van der Waals surface area contributed by atoms with Crippen LogP contribution in [-0.4, -0.2) is 24.1 Å². The molecule has 0 bridgehead atoms. The van der Waals surface area contributed by atoms with Crippen LogP contribution in [0.1, 0.15) is 32.4 Å². The van der Waals surface area contributed by atoms with Crippen LogP contribution in [0.2, 0.25) is 0 Å². The molecule has 4 aromatic rings. The minimum atomic E-state index is 0.390. The maximum atomic E-state index is 9.35. The van der Waals surface area contributed by atoms with E-state index in [4.69, 9.17) is 0 Å². The lowest BCUT2D eigenvalue weighted by Gasteiger charge is -2.19. The first-order valence-electron chi connectivity index (χ1n) is 9.95. The number of pyridine rings is 2. The van der Waals surface area contributed by atoms with Crippen LogP contribution in [0.15, 0.2) is 55.2 Å². The van der Waals surface area contributed by atoms with Gasteiger partial charge in [0.05, 0.1) is 11.9 Å². The molecule has 6 nitrogen and oxygen atoms in total. The van der Waals surface area contributed by atoms with E-state index in [2.05, 4.69) is 45.9 Å². The molecular formula is C23H22N6. The summed E-state index contributed by atoms with van der Waals surface area (Å²) in [6, 6.07) is 9.88. The van der Waals surface area contributed by atoms with Gasteiger partial charge in [-0.1, -0.05) is 13.8 Å². The quantitative estimate of drug-likeness (QED) is 0.507. The van der Waals surface area contributed by atoms with E-state index >= 15 is 0 Å². The predicted octanol–water partition coefficient (Wildman–Crippen LogP) is 4.57. The van der Waals surface area contributed by atoms with Gasteiger partial charge in [0.1, 0.15) is 17.4 Å². The molecule has 1 saturated carbocycles. The van der Waals surface area contributed by atoms with Gasteiger partial charge in [0.2, 0.25) is 0 Å². The fourth-order valence-corrected chi connectivity index (χ4v) is 4.02. The van der Waals surface area contributed by atoms with E-state index < -0.39 is 0 Å². The van der Waals surface area contributed by atoms with Crippen molar-refractivity contribution in [2.45, 2.75) is 33.2 Å². The van der Waals surface area contributed by atoms with Crippen LogP contribution in [0.25, 0.3) is 28.0 Å². The lowest BCUT2D eigenvalue weighted by Crippen LogP contribution is -2.17. The van der Waals surface area contributed by atoms with Gasteiger partial charge in [-0.05, 0) is 48.4 Å². The largest absolute Gasteiger partial charge is 0.307 e. The summed E-state index contributed by atoms with van der Waals surface area (Å²) in [7, 11) is 0. The molecule has 0 unspecified atom stereocenters. The van der Waals surface area contributed by atoms with Crippen LogP contribution in [0.4, 0.5) is 0 Å². The molecule has 1 aliphatic rings. The molecule has 0 spiro atoms. The summed E-state index contributed by atoms with van der Waals surface area (Å²) >= 11 is 0. The first-order chi connectivity index (χ1) is 14.1.